The van der Waals surface area contributed by atoms with E-state index in [1.807, 2.05) is 6.07 Å². The lowest BCUT2D eigenvalue weighted by atomic mass is 10.1. The molecule has 0 aromatic carbocycles. The fourth-order valence-electron chi connectivity index (χ4n) is 1.94. The third-order valence-corrected chi connectivity index (χ3v) is 5.86. The first kappa shape index (κ1) is 12.7. The number of rotatable bonds is 2. The average Bonchev–Trinajstić information content (AvgIpc) is 3.08. The van der Waals surface area contributed by atoms with E-state index in [0.717, 1.165) is 12.0 Å². The van der Waals surface area contributed by atoms with Crippen LogP contribution in [0.15, 0.2) is 0 Å². The Morgan fingerprint density at radius 2 is 2.18 bits per heavy atom. The Morgan fingerprint density at radius 3 is 2.65 bits per heavy atom. The molecule has 1 heterocycles. The van der Waals surface area contributed by atoms with E-state index >= 15 is 0 Å². The summed E-state index contributed by atoms with van der Waals surface area (Å²) in [6.45, 7) is 0.421. The molecule has 7 heteroatoms. The molecule has 1 amide bonds. The van der Waals surface area contributed by atoms with Crippen LogP contribution < -0.4 is 0 Å². The van der Waals surface area contributed by atoms with Gasteiger partial charge in [0.1, 0.15) is 10.8 Å². The molecule has 0 spiro atoms. The van der Waals surface area contributed by atoms with Crippen molar-refractivity contribution in [1.82, 2.24) is 4.90 Å². The fraction of sp³-hybridized carbons (Fsp3) is 0.800. The second kappa shape index (κ2) is 4.18. The van der Waals surface area contributed by atoms with Gasteiger partial charge in [0.15, 0.2) is 9.84 Å². The molecule has 0 aromatic rings. The summed E-state index contributed by atoms with van der Waals surface area (Å²) in [6.07, 6.45) is 2.26. The highest BCUT2D eigenvalue weighted by Gasteiger charge is 2.54. The highest BCUT2D eigenvalue weighted by atomic mass is 32.2. The molecule has 0 N–H and O–H groups in total. The molecule has 0 bridgehead atoms. The summed E-state index contributed by atoms with van der Waals surface area (Å²) in [5.41, 5.74) is -0.926. The van der Waals surface area contributed by atoms with E-state index in [1.54, 1.807) is 0 Å². The minimum absolute atomic E-state index is 0.296. The first-order valence-corrected chi connectivity index (χ1v) is 8.51. The van der Waals surface area contributed by atoms with Crippen LogP contribution >= 0.6 is 11.8 Å². The normalized spacial score (nSPS) is 27.3. The van der Waals surface area contributed by atoms with Gasteiger partial charge in [0.2, 0.25) is 5.91 Å². The standard InChI is InChI=1S/C10H14N2O3S2/c1-17(14,15)8-6-16-5-4-12(8)9(13)10(7-11)2-3-10/h8H,2-6H2,1H3. The quantitative estimate of drug-likeness (QED) is 0.720. The van der Waals surface area contributed by atoms with Crippen molar-refractivity contribution in [3.05, 3.63) is 0 Å². The first-order valence-electron chi connectivity index (χ1n) is 5.40. The van der Waals surface area contributed by atoms with Crippen molar-refractivity contribution in [1.29, 1.82) is 5.26 Å². The summed E-state index contributed by atoms with van der Waals surface area (Å²) in [6, 6.07) is 2.03. The molecule has 1 saturated heterocycles. The second-order valence-electron chi connectivity index (χ2n) is 4.55. The number of amides is 1. The zero-order valence-electron chi connectivity index (χ0n) is 9.55. The van der Waals surface area contributed by atoms with Crippen LogP contribution in [-0.2, 0) is 14.6 Å². The van der Waals surface area contributed by atoms with Gasteiger partial charge in [0.05, 0.1) is 6.07 Å². The largest absolute Gasteiger partial charge is 0.323 e. The number of hydrogen-bond donors (Lipinski definition) is 0. The lowest BCUT2D eigenvalue weighted by Gasteiger charge is -2.35. The van der Waals surface area contributed by atoms with Gasteiger partial charge >= 0.3 is 0 Å². The molecule has 2 aliphatic rings. The van der Waals surface area contributed by atoms with Crippen molar-refractivity contribution in [2.75, 3.05) is 24.3 Å². The van der Waals surface area contributed by atoms with Crippen LogP contribution in [0, 0.1) is 16.7 Å². The van der Waals surface area contributed by atoms with E-state index in [1.165, 1.54) is 16.7 Å². The molecule has 1 saturated carbocycles. The number of sulfone groups is 1. The Labute approximate surface area is 105 Å². The molecule has 94 valence electrons. The average molecular weight is 274 g/mol. The molecular formula is C10H14N2O3S2. The van der Waals surface area contributed by atoms with Crippen molar-refractivity contribution in [3.8, 4) is 6.07 Å². The molecule has 0 radical (unpaired) electrons. The van der Waals surface area contributed by atoms with Gasteiger partial charge in [0.25, 0.3) is 0 Å². The van der Waals surface area contributed by atoms with E-state index in [4.69, 9.17) is 5.26 Å². The zero-order valence-corrected chi connectivity index (χ0v) is 11.2. The number of carbonyl (C=O) groups is 1. The topological polar surface area (TPSA) is 78.2 Å². The van der Waals surface area contributed by atoms with E-state index in [9.17, 15) is 13.2 Å². The van der Waals surface area contributed by atoms with Gasteiger partial charge in [0, 0.05) is 24.3 Å². The molecule has 2 rings (SSSR count). The van der Waals surface area contributed by atoms with Gasteiger partial charge in [-0.1, -0.05) is 0 Å². The molecule has 1 unspecified atom stereocenters. The van der Waals surface area contributed by atoms with Gasteiger partial charge in [-0.2, -0.15) is 17.0 Å². The minimum Gasteiger partial charge on any atom is -0.323 e. The van der Waals surface area contributed by atoms with Crippen molar-refractivity contribution in [2.24, 2.45) is 5.41 Å². The molecule has 1 atom stereocenters. The second-order valence-corrected chi connectivity index (χ2v) is 7.90. The van der Waals surface area contributed by atoms with Crippen LogP contribution in [0.3, 0.4) is 0 Å². The van der Waals surface area contributed by atoms with Gasteiger partial charge in [-0.3, -0.25) is 4.79 Å². The highest BCUT2D eigenvalue weighted by Crippen LogP contribution is 2.47. The van der Waals surface area contributed by atoms with Crippen molar-refractivity contribution in [3.63, 3.8) is 0 Å². The van der Waals surface area contributed by atoms with Crippen molar-refractivity contribution < 1.29 is 13.2 Å². The van der Waals surface area contributed by atoms with Crippen molar-refractivity contribution in [2.45, 2.75) is 18.2 Å². The molecule has 1 aliphatic heterocycles. The van der Waals surface area contributed by atoms with Crippen molar-refractivity contribution >= 4 is 27.5 Å². The zero-order chi connectivity index (χ0) is 12.7. The summed E-state index contributed by atoms with van der Waals surface area (Å²) in [5, 5.41) is 8.23. The maximum Gasteiger partial charge on any atom is 0.244 e. The third-order valence-electron chi connectivity index (χ3n) is 3.21. The lowest BCUT2D eigenvalue weighted by molar-refractivity contribution is -0.135. The summed E-state index contributed by atoms with van der Waals surface area (Å²) < 4.78 is 23.3. The van der Waals surface area contributed by atoms with E-state index in [-0.39, 0.29) is 5.91 Å². The first-order chi connectivity index (χ1) is 7.91. The maximum atomic E-state index is 12.2. The molecule has 5 nitrogen and oxygen atoms in total. The van der Waals surface area contributed by atoms with Crippen LogP contribution in [0.4, 0.5) is 0 Å². The summed E-state index contributed by atoms with van der Waals surface area (Å²) >= 11 is 1.53. The number of hydrogen-bond acceptors (Lipinski definition) is 5. The predicted molar refractivity (Wildman–Crippen MR) is 64.9 cm³/mol. The molecule has 0 aromatic heterocycles. The van der Waals surface area contributed by atoms with E-state index in [2.05, 4.69) is 0 Å². The van der Waals surface area contributed by atoms with Crippen LogP contribution in [0.2, 0.25) is 0 Å². The Hall–Kier alpha value is -0.740. The smallest absolute Gasteiger partial charge is 0.244 e. The van der Waals surface area contributed by atoms with E-state index < -0.39 is 20.6 Å². The lowest BCUT2D eigenvalue weighted by Crippen LogP contribution is -2.52. The summed E-state index contributed by atoms with van der Waals surface area (Å²) in [5.74, 6) is 0.849. The van der Waals surface area contributed by atoms with Crippen LogP contribution in [0.25, 0.3) is 0 Å². The monoisotopic (exact) mass is 274 g/mol. The van der Waals surface area contributed by atoms with Crippen LogP contribution in [0.1, 0.15) is 12.8 Å². The summed E-state index contributed by atoms with van der Waals surface area (Å²) in [7, 11) is -3.29. The molecular weight excluding hydrogens is 260 g/mol. The number of nitrogens with zero attached hydrogens (tertiary/aromatic N) is 2. The van der Waals surface area contributed by atoms with Gasteiger partial charge in [-0.05, 0) is 12.8 Å². The summed E-state index contributed by atoms with van der Waals surface area (Å²) in [4.78, 5) is 13.6. The maximum absolute atomic E-state index is 12.2. The Kier molecular flexibility index (Phi) is 3.12. The molecule has 2 fully saturated rings. The number of nitriles is 1. The third kappa shape index (κ3) is 2.29. The highest BCUT2D eigenvalue weighted by molar-refractivity contribution is 8.00. The number of carbonyl (C=O) groups excluding carboxylic acids is 1. The Balaban J connectivity index is 2.24. The van der Waals surface area contributed by atoms with Crippen LogP contribution in [0.5, 0.6) is 0 Å². The van der Waals surface area contributed by atoms with Crippen LogP contribution in [-0.4, -0.2) is 48.9 Å². The Bertz CT molecular complexity index is 476. The van der Waals surface area contributed by atoms with Gasteiger partial charge in [-0.25, -0.2) is 8.42 Å². The van der Waals surface area contributed by atoms with Gasteiger partial charge in [-0.15, -0.1) is 0 Å². The SMILES string of the molecule is CS(=O)(=O)C1CSCCN1C(=O)C1(C#N)CC1. The fourth-order valence-corrected chi connectivity index (χ4v) is 4.76. The molecule has 17 heavy (non-hydrogen) atoms. The Morgan fingerprint density at radius 1 is 1.53 bits per heavy atom. The minimum atomic E-state index is -3.29. The molecule has 1 aliphatic carbocycles. The predicted octanol–water partition coefficient (Wildman–Crippen LogP) is 0.236. The number of thioether (sulfide) groups is 1. The van der Waals surface area contributed by atoms with Gasteiger partial charge < -0.3 is 4.90 Å². The van der Waals surface area contributed by atoms with E-state index in [0.29, 0.717) is 25.1 Å².